The molecule has 3 saturated heterocycles. The van der Waals surface area contributed by atoms with Crippen molar-refractivity contribution in [3.05, 3.63) is 23.9 Å². The minimum Gasteiger partial charge on any atom is -0.367 e. The molecule has 2 amide bonds. The maximum atomic E-state index is 15.1. The summed E-state index contributed by atoms with van der Waals surface area (Å²) in [6.07, 6.45) is -4.24. The number of nitriles is 1. The number of hydrazine groups is 1. The molecule has 0 aliphatic carbocycles. The molecule has 1 aromatic heterocycles. The number of nitrogens with zero attached hydrogens (tertiary/aromatic N) is 4. The number of hydrogen-bond acceptors (Lipinski definition) is 8. The summed E-state index contributed by atoms with van der Waals surface area (Å²) < 4.78 is 75.9. The van der Waals surface area contributed by atoms with Gasteiger partial charge in [-0.25, -0.2) is 19.2 Å². The number of carbonyl (C=O) groups excluding carboxylic acids is 2. The van der Waals surface area contributed by atoms with Crippen LogP contribution in [-0.4, -0.2) is 90.8 Å². The number of nitrogens with one attached hydrogen (secondary N) is 3. The van der Waals surface area contributed by atoms with Crippen LogP contribution in [0, 0.1) is 17.2 Å². The average molecular weight is 546 g/mol. The predicted molar refractivity (Wildman–Crippen MR) is 123 cm³/mol. The predicted octanol–water partition coefficient (Wildman–Crippen LogP) is 0.944. The smallest absolute Gasteiger partial charge is 0.367 e. The molecule has 0 saturated carbocycles. The van der Waals surface area contributed by atoms with Crippen LogP contribution in [0.25, 0.3) is 0 Å². The topological polar surface area (TPSA) is 123 Å². The SMILES string of the molecule is C[C@@H](CO[C@@H]1CCN([C@@H]2CCN(c3ccc(C#N)cn3)CC2(F)F)C1=O)NC1CNNC(=O)C1C(F)(F)F. The molecule has 5 atom stereocenters. The third-order valence-electron chi connectivity index (χ3n) is 6.95. The first-order chi connectivity index (χ1) is 17.9. The van der Waals surface area contributed by atoms with Crippen molar-refractivity contribution in [3.8, 4) is 6.07 Å². The molecule has 3 aliphatic heterocycles. The molecule has 4 heterocycles. The lowest BCUT2D eigenvalue weighted by atomic mass is 9.96. The van der Waals surface area contributed by atoms with Crippen molar-refractivity contribution in [1.29, 1.82) is 5.26 Å². The first-order valence-electron chi connectivity index (χ1n) is 12.2. The third-order valence-corrected chi connectivity index (χ3v) is 6.95. The van der Waals surface area contributed by atoms with E-state index in [2.05, 4.69) is 15.7 Å². The van der Waals surface area contributed by atoms with Crippen molar-refractivity contribution in [2.75, 3.05) is 37.7 Å². The van der Waals surface area contributed by atoms with Crippen molar-refractivity contribution in [2.24, 2.45) is 5.92 Å². The molecule has 0 aromatic carbocycles. The fraction of sp³-hybridized carbons (Fsp3) is 0.652. The molecular formula is C23H28F5N7O3. The zero-order valence-corrected chi connectivity index (χ0v) is 20.5. The van der Waals surface area contributed by atoms with E-state index in [9.17, 15) is 22.8 Å². The van der Waals surface area contributed by atoms with Crippen LogP contribution in [0.1, 0.15) is 25.3 Å². The Kier molecular flexibility index (Phi) is 8.05. The van der Waals surface area contributed by atoms with Crippen LogP contribution in [0.3, 0.4) is 0 Å². The van der Waals surface area contributed by atoms with E-state index in [0.29, 0.717) is 11.4 Å². The monoisotopic (exact) mass is 545 g/mol. The number of pyridine rings is 1. The molecule has 3 N–H and O–H groups in total. The first-order valence-corrected chi connectivity index (χ1v) is 12.2. The number of likely N-dealkylation sites (tertiary alicyclic amines) is 1. The molecule has 4 rings (SSSR count). The highest BCUT2D eigenvalue weighted by molar-refractivity contribution is 5.83. The second kappa shape index (κ2) is 11.0. The first kappa shape index (κ1) is 27.9. The normalized spacial score (nSPS) is 28.7. The highest BCUT2D eigenvalue weighted by atomic mass is 19.4. The molecule has 3 fully saturated rings. The summed E-state index contributed by atoms with van der Waals surface area (Å²) in [5.41, 5.74) is 4.70. The summed E-state index contributed by atoms with van der Waals surface area (Å²) >= 11 is 0. The molecule has 38 heavy (non-hydrogen) atoms. The number of piperidine rings is 1. The van der Waals surface area contributed by atoms with Gasteiger partial charge in [0.2, 0.25) is 5.91 Å². The van der Waals surface area contributed by atoms with E-state index in [-0.39, 0.29) is 39.1 Å². The maximum absolute atomic E-state index is 15.1. The van der Waals surface area contributed by atoms with Gasteiger partial charge < -0.3 is 19.9 Å². The van der Waals surface area contributed by atoms with Crippen LogP contribution in [0.4, 0.5) is 27.8 Å². The van der Waals surface area contributed by atoms with Crippen LogP contribution in [0.2, 0.25) is 0 Å². The Hall–Kier alpha value is -3.09. The summed E-state index contributed by atoms with van der Waals surface area (Å²) in [5, 5.41) is 11.6. The number of ether oxygens (including phenoxy) is 1. The zero-order valence-electron chi connectivity index (χ0n) is 20.5. The van der Waals surface area contributed by atoms with E-state index in [1.165, 1.54) is 23.2 Å². The minimum absolute atomic E-state index is 0.000669. The van der Waals surface area contributed by atoms with E-state index >= 15 is 8.78 Å². The molecule has 0 spiro atoms. The Morgan fingerprint density at radius 1 is 1.29 bits per heavy atom. The van der Waals surface area contributed by atoms with Gasteiger partial charge in [0.15, 0.2) is 5.92 Å². The van der Waals surface area contributed by atoms with E-state index in [0.717, 1.165) is 4.90 Å². The lowest BCUT2D eigenvalue weighted by Crippen LogP contribution is -2.65. The van der Waals surface area contributed by atoms with Gasteiger partial charge in [-0.15, -0.1) is 0 Å². The number of alkyl halides is 5. The number of amides is 2. The van der Waals surface area contributed by atoms with Gasteiger partial charge in [-0.1, -0.05) is 0 Å². The van der Waals surface area contributed by atoms with Gasteiger partial charge in [-0.3, -0.25) is 15.0 Å². The molecule has 15 heteroatoms. The fourth-order valence-electron chi connectivity index (χ4n) is 5.12. The summed E-state index contributed by atoms with van der Waals surface area (Å²) in [4.78, 5) is 31.2. The summed E-state index contributed by atoms with van der Waals surface area (Å²) in [7, 11) is 0. The molecule has 1 aromatic rings. The molecule has 3 aliphatic rings. The quantitative estimate of drug-likeness (QED) is 0.433. The number of halogens is 5. The van der Waals surface area contributed by atoms with Gasteiger partial charge in [0.05, 0.1) is 24.8 Å². The summed E-state index contributed by atoms with van der Waals surface area (Å²) in [6, 6.07) is 1.70. The molecule has 0 bridgehead atoms. The minimum atomic E-state index is -4.75. The van der Waals surface area contributed by atoms with Crippen LogP contribution in [-0.2, 0) is 14.3 Å². The Morgan fingerprint density at radius 3 is 2.68 bits per heavy atom. The van der Waals surface area contributed by atoms with Crippen molar-refractivity contribution in [2.45, 2.75) is 56.1 Å². The number of anilines is 1. The van der Waals surface area contributed by atoms with E-state index in [1.54, 1.807) is 6.92 Å². The van der Waals surface area contributed by atoms with Crippen molar-refractivity contribution in [3.63, 3.8) is 0 Å². The van der Waals surface area contributed by atoms with E-state index in [1.807, 2.05) is 11.5 Å². The highest BCUT2D eigenvalue weighted by Gasteiger charge is 2.53. The van der Waals surface area contributed by atoms with Crippen LogP contribution in [0.5, 0.6) is 0 Å². The standard InChI is InChI=1S/C23H28F5N7O3/c1-13(32-15-10-31-33-20(36)19(15)23(26,27)28)11-38-16-4-7-35(21(16)37)17-5-6-34(12-22(17,24)25)18-3-2-14(8-29)9-30-18/h2-3,9,13,15-17,19,31-32H,4-7,10-12H2,1H3,(H,33,36)/t13-,15?,16+,17+,19?/m0/s1. The van der Waals surface area contributed by atoms with Gasteiger partial charge in [-0.05, 0) is 25.5 Å². The second-order valence-corrected chi connectivity index (χ2v) is 9.71. The Morgan fingerprint density at radius 2 is 2.05 bits per heavy atom. The second-order valence-electron chi connectivity index (χ2n) is 9.71. The van der Waals surface area contributed by atoms with Gasteiger partial charge in [-0.2, -0.15) is 18.4 Å². The lowest BCUT2D eigenvalue weighted by molar-refractivity contribution is -0.193. The average Bonchev–Trinajstić information content (AvgIpc) is 3.21. The van der Waals surface area contributed by atoms with Gasteiger partial charge in [0.25, 0.3) is 11.8 Å². The highest BCUT2D eigenvalue weighted by Crippen LogP contribution is 2.36. The molecule has 208 valence electrons. The van der Waals surface area contributed by atoms with Crippen molar-refractivity contribution in [1.82, 2.24) is 26.1 Å². The van der Waals surface area contributed by atoms with Crippen molar-refractivity contribution >= 4 is 17.6 Å². The zero-order chi connectivity index (χ0) is 27.7. The number of carbonyl (C=O) groups is 2. The Labute approximate surface area is 215 Å². The van der Waals surface area contributed by atoms with Crippen LogP contribution >= 0.6 is 0 Å². The van der Waals surface area contributed by atoms with E-state index in [4.69, 9.17) is 10.00 Å². The number of hydrogen-bond donors (Lipinski definition) is 3. The largest absolute Gasteiger partial charge is 0.402 e. The van der Waals surface area contributed by atoms with Crippen LogP contribution < -0.4 is 21.1 Å². The van der Waals surface area contributed by atoms with Gasteiger partial charge in [0.1, 0.15) is 18.0 Å². The Balaban J connectivity index is 1.30. The number of rotatable bonds is 7. The molecule has 0 radical (unpaired) electrons. The Bertz CT molecular complexity index is 1060. The molecule has 10 nitrogen and oxygen atoms in total. The summed E-state index contributed by atoms with van der Waals surface area (Å²) in [6.45, 7) is 0.908. The van der Waals surface area contributed by atoms with Gasteiger partial charge in [0, 0.05) is 44.3 Å². The van der Waals surface area contributed by atoms with Crippen LogP contribution in [0.15, 0.2) is 18.3 Å². The van der Waals surface area contributed by atoms with Gasteiger partial charge >= 0.3 is 6.18 Å². The maximum Gasteiger partial charge on any atom is 0.402 e. The fourth-order valence-corrected chi connectivity index (χ4v) is 5.12. The number of aromatic nitrogens is 1. The van der Waals surface area contributed by atoms with E-state index < -0.39 is 60.6 Å². The summed E-state index contributed by atoms with van der Waals surface area (Å²) in [5.74, 6) is -6.94. The molecule has 2 unspecified atom stereocenters. The lowest BCUT2D eigenvalue weighted by Gasteiger charge is -2.42. The van der Waals surface area contributed by atoms with Crippen molar-refractivity contribution < 1.29 is 36.3 Å². The molecular weight excluding hydrogens is 517 g/mol. The third kappa shape index (κ3) is 5.97.